The highest BCUT2D eigenvalue weighted by atomic mass is 16.3. The lowest BCUT2D eigenvalue weighted by Crippen LogP contribution is -2.30. The van der Waals surface area contributed by atoms with Crippen molar-refractivity contribution in [3.63, 3.8) is 0 Å². The molecular weight excluding hydrogens is 226 g/mol. The third-order valence-electron chi connectivity index (χ3n) is 3.61. The third kappa shape index (κ3) is 3.09. The molecule has 0 amide bonds. The summed E-state index contributed by atoms with van der Waals surface area (Å²) in [5.41, 5.74) is 6.77. The SMILES string of the molecule is N=C(N)CC(c1ccccc1)N1CCC(CO)C1. The molecule has 0 radical (unpaired) electrons. The Hall–Kier alpha value is -1.39. The summed E-state index contributed by atoms with van der Waals surface area (Å²) in [7, 11) is 0. The predicted molar refractivity (Wildman–Crippen MR) is 72.5 cm³/mol. The summed E-state index contributed by atoms with van der Waals surface area (Å²) in [5, 5.41) is 16.8. The van der Waals surface area contributed by atoms with Crippen LogP contribution in [0.25, 0.3) is 0 Å². The Morgan fingerprint density at radius 3 is 2.72 bits per heavy atom. The summed E-state index contributed by atoms with van der Waals surface area (Å²) in [4.78, 5) is 2.33. The van der Waals surface area contributed by atoms with Gasteiger partial charge in [-0.25, -0.2) is 0 Å². The van der Waals surface area contributed by atoms with Crippen molar-refractivity contribution < 1.29 is 5.11 Å². The second-order valence-electron chi connectivity index (χ2n) is 4.99. The van der Waals surface area contributed by atoms with Crippen molar-refractivity contribution in [2.45, 2.75) is 18.9 Å². The molecule has 1 aromatic carbocycles. The molecule has 0 spiro atoms. The van der Waals surface area contributed by atoms with Crippen molar-refractivity contribution in [1.29, 1.82) is 5.41 Å². The van der Waals surface area contributed by atoms with E-state index in [-0.39, 0.29) is 18.5 Å². The first-order valence-electron chi connectivity index (χ1n) is 6.43. The number of amidine groups is 1. The highest BCUT2D eigenvalue weighted by Crippen LogP contribution is 2.29. The Bertz CT molecular complexity index is 393. The normalized spacial score (nSPS) is 21.9. The van der Waals surface area contributed by atoms with Crippen LogP contribution in [-0.4, -0.2) is 35.5 Å². The number of hydrogen-bond donors (Lipinski definition) is 3. The van der Waals surface area contributed by atoms with Crippen molar-refractivity contribution in [1.82, 2.24) is 4.90 Å². The van der Waals surface area contributed by atoms with Gasteiger partial charge < -0.3 is 10.8 Å². The van der Waals surface area contributed by atoms with Crippen molar-refractivity contribution in [3.8, 4) is 0 Å². The number of benzene rings is 1. The average molecular weight is 247 g/mol. The van der Waals surface area contributed by atoms with Gasteiger partial charge in [-0.3, -0.25) is 10.3 Å². The maximum Gasteiger partial charge on any atom is 0.0924 e. The van der Waals surface area contributed by atoms with E-state index in [1.54, 1.807) is 0 Å². The van der Waals surface area contributed by atoms with Crippen LogP contribution < -0.4 is 5.73 Å². The van der Waals surface area contributed by atoms with Crippen LogP contribution in [0, 0.1) is 11.3 Å². The second kappa shape index (κ2) is 5.98. The van der Waals surface area contributed by atoms with E-state index in [4.69, 9.17) is 11.1 Å². The molecule has 0 aliphatic carbocycles. The first kappa shape index (κ1) is 13.1. The molecule has 4 nitrogen and oxygen atoms in total. The van der Waals surface area contributed by atoms with Gasteiger partial charge in [0.1, 0.15) is 0 Å². The van der Waals surface area contributed by atoms with E-state index in [2.05, 4.69) is 17.0 Å². The number of nitrogens with one attached hydrogen (secondary N) is 1. The van der Waals surface area contributed by atoms with Crippen molar-refractivity contribution in [2.24, 2.45) is 11.7 Å². The van der Waals surface area contributed by atoms with E-state index in [1.165, 1.54) is 5.56 Å². The van der Waals surface area contributed by atoms with Crippen LogP contribution in [0.3, 0.4) is 0 Å². The van der Waals surface area contributed by atoms with Crippen molar-refractivity contribution >= 4 is 5.84 Å². The van der Waals surface area contributed by atoms with Crippen molar-refractivity contribution in [2.75, 3.05) is 19.7 Å². The van der Waals surface area contributed by atoms with Crippen LogP contribution >= 0.6 is 0 Å². The standard InChI is InChI=1S/C14H21N3O/c15-14(16)8-13(12-4-2-1-3-5-12)17-7-6-11(9-17)10-18/h1-5,11,13,18H,6-10H2,(H3,15,16). The molecule has 4 heteroatoms. The summed E-state index contributed by atoms with van der Waals surface area (Å²) in [6.45, 7) is 2.11. The van der Waals surface area contributed by atoms with E-state index in [0.29, 0.717) is 12.3 Å². The van der Waals surface area contributed by atoms with E-state index in [0.717, 1.165) is 19.5 Å². The Balaban J connectivity index is 2.13. The average Bonchev–Trinajstić information content (AvgIpc) is 2.85. The quantitative estimate of drug-likeness (QED) is 0.543. The maximum atomic E-state index is 9.22. The van der Waals surface area contributed by atoms with Crippen LogP contribution in [0.2, 0.25) is 0 Å². The van der Waals surface area contributed by atoms with Gasteiger partial charge in [-0.05, 0) is 24.4 Å². The second-order valence-corrected chi connectivity index (χ2v) is 4.99. The van der Waals surface area contributed by atoms with E-state index in [9.17, 15) is 5.11 Å². The lowest BCUT2D eigenvalue weighted by molar-refractivity contribution is 0.200. The summed E-state index contributed by atoms with van der Waals surface area (Å²) in [6, 6.07) is 10.4. The zero-order valence-corrected chi connectivity index (χ0v) is 10.5. The van der Waals surface area contributed by atoms with Gasteiger partial charge in [-0.2, -0.15) is 0 Å². The minimum Gasteiger partial charge on any atom is -0.396 e. The van der Waals surface area contributed by atoms with E-state index < -0.39 is 0 Å². The van der Waals surface area contributed by atoms with Gasteiger partial charge in [0.15, 0.2) is 0 Å². The molecule has 1 aromatic rings. The van der Waals surface area contributed by atoms with Crippen LogP contribution in [-0.2, 0) is 0 Å². The predicted octanol–water partition coefficient (Wildman–Crippen LogP) is 1.37. The molecule has 2 atom stereocenters. The first-order valence-corrected chi connectivity index (χ1v) is 6.43. The summed E-state index contributed by atoms with van der Waals surface area (Å²) in [5.74, 6) is 0.583. The number of rotatable bonds is 5. The molecule has 2 unspecified atom stereocenters. The van der Waals surface area contributed by atoms with Gasteiger partial charge in [0.05, 0.1) is 5.84 Å². The molecule has 1 fully saturated rings. The van der Waals surface area contributed by atoms with Crippen LogP contribution in [0.15, 0.2) is 30.3 Å². The van der Waals surface area contributed by atoms with Gasteiger partial charge in [0.2, 0.25) is 0 Å². The zero-order chi connectivity index (χ0) is 13.0. The molecule has 18 heavy (non-hydrogen) atoms. The molecule has 1 saturated heterocycles. The molecule has 1 aliphatic heterocycles. The number of aliphatic hydroxyl groups excluding tert-OH is 1. The van der Waals surface area contributed by atoms with Crippen LogP contribution in [0.1, 0.15) is 24.4 Å². The number of nitrogens with zero attached hydrogens (tertiary/aromatic N) is 1. The van der Waals surface area contributed by atoms with Gasteiger partial charge in [0.25, 0.3) is 0 Å². The highest BCUT2D eigenvalue weighted by Gasteiger charge is 2.28. The van der Waals surface area contributed by atoms with Crippen LogP contribution in [0.4, 0.5) is 0 Å². The Morgan fingerprint density at radius 1 is 1.44 bits per heavy atom. The molecule has 1 aliphatic rings. The lowest BCUT2D eigenvalue weighted by Gasteiger charge is -2.28. The Morgan fingerprint density at radius 2 is 2.17 bits per heavy atom. The van der Waals surface area contributed by atoms with E-state index >= 15 is 0 Å². The minimum atomic E-state index is 0.167. The Labute approximate surface area is 108 Å². The summed E-state index contributed by atoms with van der Waals surface area (Å²) in [6.07, 6.45) is 1.58. The molecule has 2 rings (SSSR count). The molecule has 0 bridgehead atoms. The van der Waals surface area contributed by atoms with Gasteiger partial charge in [0, 0.05) is 25.6 Å². The molecule has 4 N–H and O–H groups in total. The summed E-state index contributed by atoms with van der Waals surface area (Å²) >= 11 is 0. The number of likely N-dealkylation sites (tertiary alicyclic amines) is 1. The Kier molecular flexibility index (Phi) is 4.33. The number of nitrogens with two attached hydrogens (primary N) is 1. The maximum absolute atomic E-state index is 9.22. The molecule has 1 heterocycles. The monoisotopic (exact) mass is 247 g/mol. The van der Waals surface area contributed by atoms with Crippen LogP contribution in [0.5, 0.6) is 0 Å². The number of aliphatic hydroxyl groups is 1. The molecular formula is C14H21N3O. The number of hydrogen-bond acceptors (Lipinski definition) is 3. The first-order chi connectivity index (χ1) is 8.70. The lowest BCUT2D eigenvalue weighted by atomic mass is 10.0. The molecule has 0 aromatic heterocycles. The topological polar surface area (TPSA) is 73.3 Å². The van der Waals surface area contributed by atoms with Gasteiger partial charge >= 0.3 is 0 Å². The summed E-state index contributed by atoms with van der Waals surface area (Å²) < 4.78 is 0. The largest absolute Gasteiger partial charge is 0.396 e. The highest BCUT2D eigenvalue weighted by molar-refractivity contribution is 5.77. The smallest absolute Gasteiger partial charge is 0.0924 e. The third-order valence-corrected chi connectivity index (χ3v) is 3.61. The fraction of sp³-hybridized carbons (Fsp3) is 0.500. The van der Waals surface area contributed by atoms with Crippen molar-refractivity contribution in [3.05, 3.63) is 35.9 Å². The fourth-order valence-corrected chi connectivity index (χ4v) is 2.64. The molecule has 98 valence electrons. The zero-order valence-electron chi connectivity index (χ0n) is 10.5. The minimum absolute atomic E-state index is 0.167. The van der Waals surface area contributed by atoms with Gasteiger partial charge in [-0.1, -0.05) is 30.3 Å². The van der Waals surface area contributed by atoms with E-state index in [1.807, 2.05) is 18.2 Å². The van der Waals surface area contributed by atoms with Gasteiger partial charge in [-0.15, -0.1) is 0 Å². The molecule has 0 saturated carbocycles. The fourth-order valence-electron chi connectivity index (χ4n) is 2.64.